The molecule has 0 bridgehead atoms. The van der Waals surface area contributed by atoms with E-state index in [4.69, 9.17) is 15.6 Å². The number of hydrogen-bond donors (Lipinski definition) is 6. The maximum atomic E-state index is 13.0. The topological polar surface area (TPSA) is 209 Å². The fraction of sp³-hybridized carbons (Fsp3) is 0.440. The summed E-state index contributed by atoms with van der Waals surface area (Å²) < 4.78 is 4.93. The Morgan fingerprint density at radius 3 is 2.26 bits per heavy atom. The van der Waals surface area contributed by atoms with Crippen LogP contribution >= 0.6 is 0 Å². The van der Waals surface area contributed by atoms with Gasteiger partial charge in [0.05, 0.1) is 0 Å². The van der Waals surface area contributed by atoms with Crippen molar-refractivity contribution in [1.82, 2.24) is 20.9 Å². The summed E-state index contributed by atoms with van der Waals surface area (Å²) in [5, 5.41) is 19.6. The molecule has 0 radical (unpaired) electrons. The zero-order valence-electron chi connectivity index (χ0n) is 21.8. The van der Waals surface area contributed by atoms with Crippen LogP contribution in [0.2, 0.25) is 0 Å². The van der Waals surface area contributed by atoms with Gasteiger partial charge in [-0.3, -0.25) is 44.7 Å². The van der Waals surface area contributed by atoms with Crippen LogP contribution in [0.1, 0.15) is 38.7 Å². The lowest BCUT2D eigenvalue weighted by Gasteiger charge is -2.22. The van der Waals surface area contributed by atoms with Gasteiger partial charge in [0.25, 0.3) is 11.8 Å². The smallest absolute Gasteiger partial charge is 0.302 e. The van der Waals surface area contributed by atoms with Gasteiger partial charge in [-0.25, -0.2) is 0 Å². The average molecular weight is 547 g/mol. The molecule has 1 aliphatic heterocycles. The van der Waals surface area contributed by atoms with Crippen LogP contribution < -0.4 is 27.0 Å². The van der Waals surface area contributed by atoms with Crippen molar-refractivity contribution in [3.05, 3.63) is 42.0 Å². The lowest BCUT2D eigenvalue weighted by molar-refractivity contribution is -0.142. The van der Waals surface area contributed by atoms with Crippen molar-refractivity contribution in [3.8, 4) is 0 Å². The molecule has 1 aromatic rings. The minimum atomic E-state index is -1.23. The Morgan fingerprint density at radius 1 is 1.03 bits per heavy atom. The van der Waals surface area contributed by atoms with E-state index in [0.717, 1.165) is 22.6 Å². The molecule has 2 rings (SSSR count). The van der Waals surface area contributed by atoms with E-state index >= 15 is 0 Å². The molecule has 212 valence electrons. The normalized spacial score (nSPS) is 14.9. The second kappa shape index (κ2) is 15.3. The van der Waals surface area contributed by atoms with Gasteiger partial charge in [-0.2, -0.15) is 0 Å². The number of hydrogen-bond acceptors (Lipinski definition) is 10. The number of aliphatic hydroxyl groups is 1. The standard InChI is InChI=1S/C25H34N6O8/c1-15(28-20(33)11-13-31-21(34)9-10-22(31)35)23(36)30-19(4-3-12-27-25(26)38)24(37)29-18-7-5-17(6-8-18)14-39-16(2)32/h5-10,15,19,25,27,38H,3-4,11-14,26H2,1-2H3,(H,28,33)(H,29,37)(H,30,36)/t15-,19-,25?/m0/s1. The van der Waals surface area contributed by atoms with Gasteiger partial charge in [0, 0.05) is 37.7 Å². The molecule has 0 spiro atoms. The van der Waals surface area contributed by atoms with Gasteiger partial charge in [0.1, 0.15) is 18.7 Å². The van der Waals surface area contributed by atoms with Crippen LogP contribution in [-0.2, 0) is 40.1 Å². The Morgan fingerprint density at radius 2 is 1.67 bits per heavy atom. The summed E-state index contributed by atoms with van der Waals surface area (Å²) in [6.45, 7) is 2.97. The van der Waals surface area contributed by atoms with Crippen molar-refractivity contribution < 1.29 is 38.6 Å². The molecule has 14 nitrogen and oxygen atoms in total. The van der Waals surface area contributed by atoms with Crippen molar-refractivity contribution >= 4 is 41.2 Å². The maximum absolute atomic E-state index is 13.0. The Bertz CT molecular complexity index is 1070. The molecule has 3 atom stereocenters. The predicted molar refractivity (Wildman–Crippen MR) is 138 cm³/mol. The van der Waals surface area contributed by atoms with E-state index in [0.29, 0.717) is 12.1 Å². The van der Waals surface area contributed by atoms with Crippen LogP contribution in [0, 0.1) is 0 Å². The van der Waals surface area contributed by atoms with E-state index in [1.807, 2.05) is 0 Å². The highest BCUT2D eigenvalue weighted by Gasteiger charge is 2.26. The highest BCUT2D eigenvalue weighted by Crippen LogP contribution is 2.12. The second-order valence-corrected chi connectivity index (χ2v) is 8.77. The van der Waals surface area contributed by atoms with Crippen molar-refractivity contribution in [2.24, 2.45) is 5.73 Å². The summed E-state index contributed by atoms with van der Waals surface area (Å²) in [5.41, 5.74) is 6.42. The number of carbonyl (C=O) groups is 6. The Kier molecular flexibility index (Phi) is 12.2. The maximum Gasteiger partial charge on any atom is 0.302 e. The molecule has 0 saturated heterocycles. The third-order valence-electron chi connectivity index (χ3n) is 5.55. The molecule has 0 aliphatic carbocycles. The molecule has 0 saturated carbocycles. The number of imide groups is 1. The monoisotopic (exact) mass is 546 g/mol. The number of benzene rings is 1. The van der Waals surface area contributed by atoms with Crippen molar-refractivity contribution in [1.29, 1.82) is 0 Å². The minimum Gasteiger partial charge on any atom is -0.461 e. The van der Waals surface area contributed by atoms with Gasteiger partial charge >= 0.3 is 5.97 Å². The van der Waals surface area contributed by atoms with Gasteiger partial charge in [-0.15, -0.1) is 0 Å². The quantitative estimate of drug-likeness (QED) is 0.0655. The number of rotatable bonds is 15. The SMILES string of the molecule is CC(=O)OCc1ccc(NC(=O)[C@H](CCCNC(N)O)NC(=O)[C@H](C)NC(=O)CCN2C(=O)C=CC2=O)cc1. The van der Waals surface area contributed by atoms with Gasteiger partial charge in [0.2, 0.25) is 17.7 Å². The summed E-state index contributed by atoms with van der Waals surface area (Å²) in [4.78, 5) is 73.1. The number of nitrogens with two attached hydrogens (primary N) is 1. The van der Waals surface area contributed by atoms with Crippen molar-refractivity contribution in [2.75, 3.05) is 18.4 Å². The van der Waals surface area contributed by atoms with Crippen LogP contribution in [0.5, 0.6) is 0 Å². The molecule has 14 heteroatoms. The van der Waals surface area contributed by atoms with E-state index in [2.05, 4.69) is 21.3 Å². The van der Waals surface area contributed by atoms with Crippen LogP contribution in [0.25, 0.3) is 0 Å². The second-order valence-electron chi connectivity index (χ2n) is 8.77. The van der Waals surface area contributed by atoms with E-state index < -0.39 is 53.9 Å². The summed E-state index contributed by atoms with van der Waals surface area (Å²) in [6, 6.07) is 4.60. The molecule has 1 heterocycles. The molecule has 39 heavy (non-hydrogen) atoms. The zero-order valence-corrected chi connectivity index (χ0v) is 21.8. The number of nitrogens with one attached hydrogen (secondary N) is 4. The molecule has 0 aromatic heterocycles. The van der Waals surface area contributed by atoms with Gasteiger partial charge in [0.15, 0.2) is 6.35 Å². The van der Waals surface area contributed by atoms with E-state index in [1.54, 1.807) is 24.3 Å². The first-order valence-corrected chi connectivity index (χ1v) is 12.3. The summed E-state index contributed by atoms with van der Waals surface area (Å²) in [6.07, 6.45) is 1.37. The van der Waals surface area contributed by atoms with E-state index in [1.165, 1.54) is 13.8 Å². The van der Waals surface area contributed by atoms with Crippen LogP contribution in [0.3, 0.4) is 0 Å². The lowest BCUT2D eigenvalue weighted by atomic mass is 10.1. The first-order valence-electron chi connectivity index (χ1n) is 12.3. The molecular formula is C25H34N6O8. The third kappa shape index (κ3) is 11.0. The van der Waals surface area contributed by atoms with Crippen LogP contribution in [-0.4, -0.2) is 77.0 Å². The van der Waals surface area contributed by atoms with Crippen LogP contribution in [0.15, 0.2) is 36.4 Å². The zero-order chi connectivity index (χ0) is 28.9. The molecule has 7 N–H and O–H groups in total. The molecule has 1 unspecified atom stereocenters. The number of carbonyl (C=O) groups excluding carboxylic acids is 6. The van der Waals surface area contributed by atoms with Gasteiger partial charge in [-0.1, -0.05) is 12.1 Å². The van der Waals surface area contributed by atoms with Gasteiger partial charge < -0.3 is 25.8 Å². The fourth-order valence-corrected chi connectivity index (χ4v) is 3.46. The number of nitrogens with zero attached hydrogens (tertiary/aromatic N) is 1. The Hall–Kier alpha value is -4.14. The Balaban J connectivity index is 1.94. The summed E-state index contributed by atoms with van der Waals surface area (Å²) >= 11 is 0. The first kappa shape index (κ1) is 31.1. The highest BCUT2D eigenvalue weighted by molar-refractivity contribution is 6.13. The predicted octanol–water partition coefficient (Wildman–Crippen LogP) is -1.40. The van der Waals surface area contributed by atoms with Crippen molar-refractivity contribution in [3.63, 3.8) is 0 Å². The highest BCUT2D eigenvalue weighted by atomic mass is 16.5. The summed E-state index contributed by atoms with van der Waals surface area (Å²) in [5.74, 6) is -3.13. The third-order valence-corrected chi connectivity index (χ3v) is 5.55. The number of ether oxygens (including phenoxy) is 1. The van der Waals surface area contributed by atoms with E-state index in [-0.39, 0.29) is 32.5 Å². The lowest BCUT2D eigenvalue weighted by Crippen LogP contribution is -2.52. The Labute approximate surface area is 225 Å². The van der Waals surface area contributed by atoms with Crippen molar-refractivity contribution in [2.45, 2.75) is 58.2 Å². The minimum absolute atomic E-state index is 0.0907. The number of amides is 5. The number of anilines is 1. The van der Waals surface area contributed by atoms with E-state index in [9.17, 15) is 28.8 Å². The largest absolute Gasteiger partial charge is 0.461 e. The molecule has 5 amide bonds. The molecular weight excluding hydrogens is 512 g/mol. The number of aliphatic hydroxyl groups excluding tert-OH is 1. The molecule has 1 aromatic carbocycles. The summed E-state index contributed by atoms with van der Waals surface area (Å²) in [7, 11) is 0. The first-order chi connectivity index (χ1) is 18.5. The number of esters is 1. The fourth-order valence-electron chi connectivity index (χ4n) is 3.46. The van der Waals surface area contributed by atoms with Crippen LogP contribution in [0.4, 0.5) is 5.69 Å². The molecule has 1 aliphatic rings. The van der Waals surface area contributed by atoms with Gasteiger partial charge in [-0.05, 0) is 44.0 Å². The molecule has 0 fully saturated rings. The average Bonchev–Trinajstić information content (AvgIpc) is 3.20.